The molecule has 3 aromatic rings. The number of fused-ring (bicyclic) bond motifs is 3. The van der Waals surface area contributed by atoms with Crippen LogP contribution in [0.2, 0.25) is 0 Å². The number of piperazine rings is 1. The molecule has 0 aliphatic carbocycles. The molecule has 150 valence electrons. The van der Waals surface area contributed by atoms with Gasteiger partial charge in [0, 0.05) is 50.5 Å². The SMILES string of the molecule is CN1CCN(c2cccc(C(=O)N3CCCn4c(cc5ccccc54)C3)n2)CC1. The first-order valence-electron chi connectivity index (χ1n) is 10.5. The molecule has 2 aromatic heterocycles. The van der Waals surface area contributed by atoms with Crippen LogP contribution in [-0.2, 0) is 13.1 Å². The number of amides is 1. The number of rotatable bonds is 2. The fraction of sp³-hybridized carbons (Fsp3) is 0.391. The van der Waals surface area contributed by atoms with Crippen molar-refractivity contribution in [1.82, 2.24) is 19.4 Å². The van der Waals surface area contributed by atoms with Gasteiger partial charge < -0.3 is 19.3 Å². The Morgan fingerprint density at radius 3 is 2.62 bits per heavy atom. The minimum absolute atomic E-state index is 0.0275. The highest BCUT2D eigenvalue weighted by atomic mass is 16.2. The van der Waals surface area contributed by atoms with Gasteiger partial charge in [-0.2, -0.15) is 0 Å². The second-order valence-corrected chi connectivity index (χ2v) is 8.10. The van der Waals surface area contributed by atoms with E-state index in [9.17, 15) is 4.79 Å². The number of carbonyl (C=O) groups excluding carboxylic acids is 1. The molecule has 4 heterocycles. The van der Waals surface area contributed by atoms with Crippen LogP contribution in [-0.4, -0.2) is 65.0 Å². The van der Waals surface area contributed by atoms with Crippen molar-refractivity contribution in [3.05, 3.63) is 59.9 Å². The number of aromatic nitrogens is 2. The van der Waals surface area contributed by atoms with Crippen molar-refractivity contribution in [2.75, 3.05) is 44.7 Å². The number of carbonyl (C=O) groups is 1. The third-order valence-electron chi connectivity index (χ3n) is 6.13. The Kier molecular flexibility index (Phi) is 4.72. The van der Waals surface area contributed by atoms with Gasteiger partial charge in [-0.1, -0.05) is 24.3 Å². The van der Waals surface area contributed by atoms with Gasteiger partial charge in [0.05, 0.1) is 6.54 Å². The fourth-order valence-electron chi connectivity index (χ4n) is 4.45. The van der Waals surface area contributed by atoms with E-state index in [4.69, 9.17) is 4.98 Å². The molecule has 0 radical (unpaired) electrons. The van der Waals surface area contributed by atoms with E-state index < -0.39 is 0 Å². The molecule has 2 aliphatic rings. The van der Waals surface area contributed by atoms with Crippen molar-refractivity contribution < 1.29 is 4.79 Å². The number of aryl methyl sites for hydroxylation is 1. The number of para-hydroxylation sites is 1. The Labute approximate surface area is 171 Å². The number of likely N-dealkylation sites (N-methyl/N-ethyl adjacent to an activating group) is 1. The van der Waals surface area contributed by atoms with E-state index in [0.717, 1.165) is 51.5 Å². The van der Waals surface area contributed by atoms with E-state index in [1.165, 1.54) is 16.6 Å². The number of hydrogen-bond donors (Lipinski definition) is 0. The lowest BCUT2D eigenvalue weighted by atomic mass is 10.2. The van der Waals surface area contributed by atoms with Crippen LogP contribution in [0.25, 0.3) is 10.9 Å². The monoisotopic (exact) mass is 389 g/mol. The van der Waals surface area contributed by atoms with Gasteiger partial charge in [0.15, 0.2) is 0 Å². The Morgan fingerprint density at radius 1 is 0.931 bits per heavy atom. The zero-order valence-electron chi connectivity index (χ0n) is 16.9. The van der Waals surface area contributed by atoms with Crippen molar-refractivity contribution in [1.29, 1.82) is 0 Å². The Balaban J connectivity index is 1.38. The molecule has 6 nitrogen and oxygen atoms in total. The number of pyridine rings is 1. The summed E-state index contributed by atoms with van der Waals surface area (Å²) in [4.78, 5) is 24.6. The largest absolute Gasteiger partial charge is 0.354 e. The minimum Gasteiger partial charge on any atom is -0.354 e. The molecule has 0 saturated carbocycles. The zero-order valence-corrected chi connectivity index (χ0v) is 16.9. The summed E-state index contributed by atoms with van der Waals surface area (Å²) in [6, 6.07) is 16.5. The minimum atomic E-state index is 0.0275. The Bertz CT molecular complexity index is 1030. The average Bonchev–Trinajstić information content (AvgIpc) is 2.96. The van der Waals surface area contributed by atoms with E-state index in [2.05, 4.69) is 51.7 Å². The zero-order chi connectivity index (χ0) is 19.8. The van der Waals surface area contributed by atoms with Gasteiger partial charge >= 0.3 is 0 Å². The van der Waals surface area contributed by atoms with Crippen LogP contribution in [0.1, 0.15) is 22.6 Å². The quantitative estimate of drug-likeness (QED) is 0.676. The summed E-state index contributed by atoms with van der Waals surface area (Å²) in [7, 11) is 2.14. The molecule has 0 unspecified atom stereocenters. The molecule has 1 aromatic carbocycles. The smallest absolute Gasteiger partial charge is 0.272 e. The van der Waals surface area contributed by atoms with Crippen LogP contribution in [0, 0.1) is 0 Å². The maximum absolute atomic E-state index is 13.3. The molecular formula is C23H27N5O. The summed E-state index contributed by atoms with van der Waals surface area (Å²) >= 11 is 0. The lowest BCUT2D eigenvalue weighted by Crippen LogP contribution is -2.45. The van der Waals surface area contributed by atoms with Crippen molar-refractivity contribution in [2.45, 2.75) is 19.5 Å². The lowest BCUT2D eigenvalue weighted by molar-refractivity contribution is 0.0740. The summed E-state index contributed by atoms with van der Waals surface area (Å²) < 4.78 is 2.36. The van der Waals surface area contributed by atoms with E-state index >= 15 is 0 Å². The molecule has 0 atom stereocenters. The number of anilines is 1. The van der Waals surface area contributed by atoms with E-state index in [-0.39, 0.29) is 5.91 Å². The molecule has 0 spiro atoms. The Hall–Kier alpha value is -2.86. The predicted molar refractivity (Wildman–Crippen MR) is 115 cm³/mol. The molecule has 0 N–H and O–H groups in total. The van der Waals surface area contributed by atoms with Crippen LogP contribution < -0.4 is 4.90 Å². The van der Waals surface area contributed by atoms with Crippen molar-refractivity contribution in [3.63, 3.8) is 0 Å². The third kappa shape index (κ3) is 3.49. The molecule has 0 bridgehead atoms. The van der Waals surface area contributed by atoms with Crippen LogP contribution >= 0.6 is 0 Å². The topological polar surface area (TPSA) is 44.6 Å². The van der Waals surface area contributed by atoms with Crippen LogP contribution in [0.5, 0.6) is 0 Å². The first kappa shape index (κ1) is 18.2. The van der Waals surface area contributed by atoms with Gasteiger partial charge in [-0.05, 0) is 43.1 Å². The van der Waals surface area contributed by atoms with E-state index in [1.807, 2.05) is 23.1 Å². The van der Waals surface area contributed by atoms with Crippen LogP contribution in [0.4, 0.5) is 5.82 Å². The van der Waals surface area contributed by atoms with Crippen LogP contribution in [0.15, 0.2) is 48.5 Å². The maximum Gasteiger partial charge on any atom is 0.272 e. The summed E-state index contributed by atoms with van der Waals surface area (Å²) in [5.74, 6) is 0.938. The number of benzene rings is 1. The highest BCUT2D eigenvalue weighted by Gasteiger charge is 2.23. The summed E-state index contributed by atoms with van der Waals surface area (Å²) in [6.45, 7) is 6.29. The summed E-state index contributed by atoms with van der Waals surface area (Å²) in [5.41, 5.74) is 3.00. The molecule has 1 fully saturated rings. The molecule has 6 heteroatoms. The molecule has 2 aliphatic heterocycles. The standard InChI is InChI=1S/C23H27N5O/c1-25-12-14-26(15-13-25)22-9-4-7-20(24-22)23(29)27-10-5-11-28-19(17-27)16-18-6-2-3-8-21(18)28/h2-4,6-9,16H,5,10-15,17H2,1H3. The van der Waals surface area contributed by atoms with Gasteiger partial charge in [-0.25, -0.2) is 4.98 Å². The normalized spacial score (nSPS) is 18.0. The average molecular weight is 390 g/mol. The van der Waals surface area contributed by atoms with Crippen molar-refractivity contribution in [2.24, 2.45) is 0 Å². The van der Waals surface area contributed by atoms with Gasteiger partial charge in [0.1, 0.15) is 11.5 Å². The lowest BCUT2D eigenvalue weighted by Gasteiger charge is -2.33. The summed E-state index contributed by atoms with van der Waals surface area (Å²) in [6.07, 6.45) is 0.954. The van der Waals surface area contributed by atoms with Crippen LogP contribution in [0.3, 0.4) is 0 Å². The van der Waals surface area contributed by atoms with Crippen molar-refractivity contribution >= 4 is 22.6 Å². The Morgan fingerprint density at radius 2 is 1.76 bits per heavy atom. The predicted octanol–water partition coefficient (Wildman–Crippen LogP) is 2.83. The number of nitrogens with zero attached hydrogens (tertiary/aromatic N) is 5. The first-order chi connectivity index (χ1) is 14.2. The van der Waals surface area contributed by atoms with Gasteiger partial charge in [-0.3, -0.25) is 4.79 Å². The summed E-state index contributed by atoms with van der Waals surface area (Å²) in [5, 5.41) is 1.24. The van der Waals surface area contributed by atoms with Gasteiger partial charge in [0.25, 0.3) is 5.91 Å². The highest BCUT2D eigenvalue weighted by molar-refractivity contribution is 5.93. The molecule has 1 saturated heterocycles. The second-order valence-electron chi connectivity index (χ2n) is 8.10. The first-order valence-corrected chi connectivity index (χ1v) is 10.5. The fourth-order valence-corrected chi connectivity index (χ4v) is 4.45. The molecular weight excluding hydrogens is 362 g/mol. The van der Waals surface area contributed by atoms with E-state index in [0.29, 0.717) is 12.2 Å². The second kappa shape index (κ2) is 7.52. The highest BCUT2D eigenvalue weighted by Crippen LogP contribution is 2.24. The third-order valence-corrected chi connectivity index (χ3v) is 6.13. The van der Waals surface area contributed by atoms with Gasteiger partial charge in [0.2, 0.25) is 0 Å². The molecule has 1 amide bonds. The van der Waals surface area contributed by atoms with E-state index in [1.54, 1.807) is 0 Å². The van der Waals surface area contributed by atoms with Crippen molar-refractivity contribution in [3.8, 4) is 0 Å². The molecule has 29 heavy (non-hydrogen) atoms. The maximum atomic E-state index is 13.3. The molecule has 5 rings (SSSR count). The van der Waals surface area contributed by atoms with Gasteiger partial charge in [-0.15, -0.1) is 0 Å². The number of hydrogen-bond acceptors (Lipinski definition) is 4.